The van der Waals surface area contributed by atoms with Crippen LogP contribution >= 0.6 is 0 Å². The molecule has 1 fully saturated rings. The molecule has 5 nitrogen and oxygen atoms in total. The molecule has 0 radical (unpaired) electrons. The molecule has 21 heavy (non-hydrogen) atoms. The lowest BCUT2D eigenvalue weighted by Gasteiger charge is -2.33. The highest BCUT2D eigenvalue weighted by Gasteiger charge is 2.21. The largest absolute Gasteiger partial charge is 0.341 e. The van der Waals surface area contributed by atoms with Gasteiger partial charge in [-0.15, -0.1) is 0 Å². The number of hydrogen-bond donors (Lipinski definition) is 1. The van der Waals surface area contributed by atoms with Crippen LogP contribution in [0.5, 0.6) is 0 Å². The number of nitrogens with zero attached hydrogens (tertiary/aromatic N) is 4. The summed E-state index contributed by atoms with van der Waals surface area (Å²) in [6.45, 7) is 9.36. The van der Waals surface area contributed by atoms with Crippen molar-refractivity contribution in [3.63, 3.8) is 0 Å². The van der Waals surface area contributed by atoms with E-state index in [4.69, 9.17) is 4.98 Å². The average Bonchev–Trinajstić information content (AvgIpc) is 2.46. The summed E-state index contributed by atoms with van der Waals surface area (Å²) >= 11 is 0. The standard InChI is InChI=1S/C16H29N5/c1-5-17-10-15-11-18-16(19-13(15)2)21-8-6-14(7-9-21)12-20(3)4/h11,14,17H,5-10,12H2,1-4H3. The average molecular weight is 291 g/mol. The van der Waals surface area contributed by atoms with Crippen LogP contribution in [0.1, 0.15) is 31.0 Å². The van der Waals surface area contributed by atoms with Gasteiger partial charge in [-0.25, -0.2) is 9.97 Å². The minimum absolute atomic E-state index is 0.811. The van der Waals surface area contributed by atoms with Crippen molar-refractivity contribution < 1.29 is 0 Å². The molecule has 0 spiro atoms. The lowest BCUT2D eigenvalue weighted by atomic mass is 9.97. The molecule has 1 aliphatic heterocycles. The van der Waals surface area contributed by atoms with Crippen LogP contribution in [0.3, 0.4) is 0 Å². The van der Waals surface area contributed by atoms with Gasteiger partial charge in [0.15, 0.2) is 0 Å². The maximum Gasteiger partial charge on any atom is 0.225 e. The van der Waals surface area contributed by atoms with E-state index in [1.807, 2.05) is 6.20 Å². The summed E-state index contributed by atoms with van der Waals surface area (Å²) in [5.41, 5.74) is 2.29. The Balaban J connectivity index is 1.92. The maximum absolute atomic E-state index is 4.70. The van der Waals surface area contributed by atoms with Gasteiger partial charge in [0.25, 0.3) is 0 Å². The number of aromatic nitrogens is 2. The molecule has 1 N–H and O–H groups in total. The first kappa shape index (κ1) is 16.2. The molecular weight excluding hydrogens is 262 g/mol. The van der Waals surface area contributed by atoms with Crippen molar-refractivity contribution in [2.75, 3.05) is 45.2 Å². The van der Waals surface area contributed by atoms with Crippen LogP contribution in [0.25, 0.3) is 0 Å². The first-order chi connectivity index (χ1) is 10.1. The van der Waals surface area contributed by atoms with Gasteiger partial charge in [-0.3, -0.25) is 0 Å². The third-order valence-electron chi connectivity index (χ3n) is 4.15. The molecule has 0 aromatic carbocycles. The molecule has 0 unspecified atom stereocenters. The SMILES string of the molecule is CCNCc1cnc(N2CCC(CN(C)C)CC2)nc1C. The number of piperidine rings is 1. The molecule has 118 valence electrons. The van der Waals surface area contributed by atoms with Crippen molar-refractivity contribution in [1.29, 1.82) is 0 Å². The number of anilines is 1. The van der Waals surface area contributed by atoms with E-state index in [-0.39, 0.29) is 0 Å². The summed E-state index contributed by atoms with van der Waals surface area (Å²) in [5.74, 6) is 1.71. The number of hydrogen-bond acceptors (Lipinski definition) is 5. The highest BCUT2D eigenvalue weighted by molar-refractivity contribution is 5.33. The minimum Gasteiger partial charge on any atom is -0.341 e. The van der Waals surface area contributed by atoms with Gasteiger partial charge in [0.1, 0.15) is 0 Å². The van der Waals surface area contributed by atoms with E-state index in [0.717, 1.165) is 43.7 Å². The van der Waals surface area contributed by atoms with Gasteiger partial charge in [-0.05, 0) is 46.3 Å². The number of rotatable bonds is 6. The van der Waals surface area contributed by atoms with Crippen LogP contribution in [-0.2, 0) is 6.54 Å². The summed E-state index contributed by atoms with van der Waals surface area (Å²) in [6, 6.07) is 0. The van der Waals surface area contributed by atoms with Crippen molar-refractivity contribution >= 4 is 5.95 Å². The lowest BCUT2D eigenvalue weighted by molar-refractivity contribution is 0.284. The highest BCUT2D eigenvalue weighted by Crippen LogP contribution is 2.21. The fourth-order valence-corrected chi connectivity index (χ4v) is 2.90. The second-order valence-corrected chi connectivity index (χ2v) is 6.25. The predicted octanol–water partition coefficient (Wildman–Crippen LogP) is 1.67. The fourth-order valence-electron chi connectivity index (χ4n) is 2.90. The normalized spacial score (nSPS) is 16.7. The van der Waals surface area contributed by atoms with Gasteiger partial charge in [0.2, 0.25) is 5.95 Å². The monoisotopic (exact) mass is 291 g/mol. The zero-order valence-electron chi connectivity index (χ0n) is 13.9. The molecule has 0 aliphatic carbocycles. The number of nitrogens with one attached hydrogen (secondary N) is 1. The molecule has 1 saturated heterocycles. The van der Waals surface area contributed by atoms with E-state index >= 15 is 0 Å². The van der Waals surface area contributed by atoms with Gasteiger partial charge in [-0.1, -0.05) is 6.92 Å². The Morgan fingerprint density at radius 3 is 2.62 bits per heavy atom. The molecule has 0 bridgehead atoms. The van der Waals surface area contributed by atoms with E-state index in [1.165, 1.54) is 24.9 Å². The minimum atomic E-state index is 0.811. The molecule has 1 aromatic rings. The maximum atomic E-state index is 4.70. The zero-order valence-corrected chi connectivity index (χ0v) is 13.9. The third kappa shape index (κ3) is 4.64. The Kier molecular flexibility index (Phi) is 5.94. The van der Waals surface area contributed by atoms with Crippen LogP contribution in [0.15, 0.2) is 6.20 Å². The first-order valence-electron chi connectivity index (χ1n) is 8.03. The Bertz CT molecular complexity index is 438. The fraction of sp³-hybridized carbons (Fsp3) is 0.750. The summed E-state index contributed by atoms with van der Waals surface area (Å²) in [5, 5.41) is 3.33. The molecule has 5 heteroatoms. The molecule has 2 rings (SSSR count). The van der Waals surface area contributed by atoms with E-state index in [1.54, 1.807) is 0 Å². The Hall–Kier alpha value is -1.20. The van der Waals surface area contributed by atoms with Gasteiger partial charge in [0, 0.05) is 43.6 Å². The Labute approximate surface area is 128 Å². The van der Waals surface area contributed by atoms with Crippen molar-refractivity contribution in [1.82, 2.24) is 20.2 Å². The van der Waals surface area contributed by atoms with E-state index < -0.39 is 0 Å². The summed E-state index contributed by atoms with van der Waals surface area (Å²) in [6.07, 6.45) is 4.45. The highest BCUT2D eigenvalue weighted by atomic mass is 15.3. The second kappa shape index (κ2) is 7.71. The van der Waals surface area contributed by atoms with E-state index in [0.29, 0.717) is 0 Å². The molecule has 1 aromatic heterocycles. The number of aryl methyl sites for hydroxylation is 1. The van der Waals surface area contributed by atoms with Gasteiger partial charge in [0.05, 0.1) is 0 Å². The van der Waals surface area contributed by atoms with Gasteiger partial charge < -0.3 is 15.1 Å². The first-order valence-corrected chi connectivity index (χ1v) is 8.03. The lowest BCUT2D eigenvalue weighted by Crippen LogP contribution is -2.38. The van der Waals surface area contributed by atoms with Crippen molar-refractivity contribution in [2.24, 2.45) is 5.92 Å². The molecule has 1 aliphatic rings. The summed E-state index contributed by atoms with van der Waals surface area (Å²) in [4.78, 5) is 13.9. The molecular formula is C16H29N5. The second-order valence-electron chi connectivity index (χ2n) is 6.25. The molecule has 0 atom stereocenters. The van der Waals surface area contributed by atoms with Crippen molar-refractivity contribution in [3.8, 4) is 0 Å². The quantitative estimate of drug-likeness (QED) is 0.864. The van der Waals surface area contributed by atoms with E-state index in [9.17, 15) is 0 Å². The Morgan fingerprint density at radius 2 is 2.05 bits per heavy atom. The van der Waals surface area contributed by atoms with Crippen LogP contribution in [0, 0.1) is 12.8 Å². The summed E-state index contributed by atoms with van der Waals surface area (Å²) < 4.78 is 0. The molecule has 0 saturated carbocycles. The molecule has 2 heterocycles. The van der Waals surface area contributed by atoms with Crippen molar-refractivity contribution in [3.05, 3.63) is 17.5 Å². The van der Waals surface area contributed by atoms with Gasteiger partial charge in [-0.2, -0.15) is 0 Å². The third-order valence-corrected chi connectivity index (χ3v) is 4.15. The van der Waals surface area contributed by atoms with Crippen LogP contribution < -0.4 is 10.2 Å². The predicted molar refractivity (Wildman–Crippen MR) is 87.6 cm³/mol. The smallest absolute Gasteiger partial charge is 0.225 e. The van der Waals surface area contributed by atoms with Crippen molar-refractivity contribution in [2.45, 2.75) is 33.2 Å². The Morgan fingerprint density at radius 1 is 1.33 bits per heavy atom. The van der Waals surface area contributed by atoms with Crippen LogP contribution in [0.4, 0.5) is 5.95 Å². The van der Waals surface area contributed by atoms with Crippen LogP contribution in [-0.4, -0.2) is 55.1 Å². The topological polar surface area (TPSA) is 44.3 Å². The van der Waals surface area contributed by atoms with Crippen LogP contribution in [0.2, 0.25) is 0 Å². The summed E-state index contributed by atoms with van der Waals surface area (Å²) in [7, 11) is 4.31. The zero-order chi connectivity index (χ0) is 15.2. The molecule has 0 amide bonds. The van der Waals surface area contributed by atoms with Gasteiger partial charge >= 0.3 is 0 Å². The van der Waals surface area contributed by atoms with E-state index in [2.05, 4.69) is 48.0 Å².